The normalized spacial score (nSPS) is 10.8. The first-order valence-electron chi connectivity index (χ1n) is 7.76. The van der Waals surface area contributed by atoms with E-state index in [1.165, 1.54) is 11.1 Å². The molecule has 24 heavy (non-hydrogen) atoms. The van der Waals surface area contributed by atoms with Crippen molar-refractivity contribution < 1.29 is 4.74 Å². The van der Waals surface area contributed by atoms with Crippen LogP contribution in [0.5, 0.6) is 5.75 Å². The average molecular weight is 439 g/mol. The molecule has 5 heteroatoms. The van der Waals surface area contributed by atoms with Crippen LogP contribution in [-0.4, -0.2) is 20.1 Å². The van der Waals surface area contributed by atoms with Gasteiger partial charge in [-0.1, -0.05) is 42.0 Å². The van der Waals surface area contributed by atoms with Crippen LogP contribution in [0.2, 0.25) is 0 Å². The zero-order chi connectivity index (χ0) is 16.7. The molecule has 2 aromatic rings. The molecule has 0 spiro atoms. The summed E-state index contributed by atoms with van der Waals surface area (Å²) < 4.78 is 5.36. The fourth-order valence-electron chi connectivity index (χ4n) is 2.39. The van der Waals surface area contributed by atoms with Crippen LogP contribution in [0.15, 0.2) is 47.5 Å². The number of nitrogens with one attached hydrogen (secondary N) is 2. The monoisotopic (exact) mass is 439 g/mol. The third-order valence-electron chi connectivity index (χ3n) is 3.70. The van der Waals surface area contributed by atoms with Crippen molar-refractivity contribution in [3.05, 3.63) is 64.7 Å². The van der Waals surface area contributed by atoms with Crippen molar-refractivity contribution in [1.82, 2.24) is 10.6 Å². The number of hydrogen-bond donors (Lipinski definition) is 2. The van der Waals surface area contributed by atoms with E-state index in [2.05, 4.69) is 65.0 Å². The van der Waals surface area contributed by atoms with Gasteiger partial charge in [0.25, 0.3) is 0 Å². The van der Waals surface area contributed by atoms with E-state index in [9.17, 15) is 0 Å². The Morgan fingerprint density at radius 2 is 1.67 bits per heavy atom. The van der Waals surface area contributed by atoms with Gasteiger partial charge in [0.1, 0.15) is 5.75 Å². The largest absolute Gasteiger partial charge is 0.496 e. The Labute approximate surface area is 161 Å². The van der Waals surface area contributed by atoms with E-state index < -0.39 is 0 Å². The Bertz CT molecular complexity index is 686. The van der Waals surface area contributed by atoms with Gasteiger partial charge in [-0.2, -0.15) is 0 Å². The molecule has 0 amide bonds. The zero-order valence-corrected chi connectivity index (χ0v) is 17.0. The highest BCUT2D eigenvalue weighted by Gasteiger charge is 2.02. The summed E-state index contributed by atoms with van der Waals surface area (Å²) >= 11 is 0. The van der Waals surface area contributed by atoms with Crippen LogP contribution < -0.4 is 15.4 Å². The first-order valence-corrected chi connectivity index (χ1v) is 7.76. The predicted octanol–water partition coefficient (Wildman–Crippen LogP) is 3.80. The molecule has 130 valence electrons. The molecule has 2 aromatic carbocycles. The minimum Gasteiger partial charge on any atom is -0.496 e. The number of hydrogen-bond acceptors (Lipinski definition) is 2. The van der Waals surface area contributed by atoms with Gasteiger partial charge < -0.3 is 15.4 Å². The van der Waals surface area contributed by atoms with Crippen LogP contribution in [0, 0.1) is 13.8 Å². The SMILES string of the molecule is CN=C(NCc1cccc(C)c1)NCc1ccc(C)c(OC)c1.I. The Morgan fingerprint density at radius 1 is 1.00 bits per heavy atom. The molecule has 2 rings (SSSR count). The number of rotatable bonds is 5. The first kappa shape index (κ1) is 20.3. The van der Waals surface area contributed by atoms with E-state index in [1.54, 1.807) is 14.2 Å². The molecule has 0 saturated heterocycles. The molecule has 0 saturated carbocycles. The Morgan fingerprint density at radius 3 is 2.25 bits per heavy atom. The van der Waals surface area contributed by atoms with E-state index in [0.717, 1.165) is 29.4 Å². The highest BCUT2D eigenvalue weighted by atomic mass is 127. The lowest BCUT2D eigenvalue weighted by Gasteiger charge is -2.13. The predicted molar refractivity (Wildman–Crippen MR) is 111 cm³/mol. The molecule has 4 nitrogen and oxygen atoms in total. The molecule has 0 heterocycles. The van der Waals surface area contributed by atoms with Crippen molar-refractivity contribution in [2.24, 2.45) is 4.99 Å². The van der Waals surface area contributed by atoms with E-state index in [4.69, 9.17) is 4.74 Å². The van der Waals surface area contributed by atoms with Gasteiger partial charge in [0.15, 0.2) is 5.96 Å². The smallest absolute Gasteiger partial charge is 0.191 e. The number of methoxy groups -OCH3 is 1. The van der Waals surface area contributed by atoms with Crippen LogP contribution in [0.4, 0.5) is 0 Å². The molecule has 0 unspecified atom stereocenters. The highest BCUT2D eigenvalue weighted by Crippen LogP contribution is 2.18. The van der Waals surface area contributed by atoms with Crippen molar-refractivity contribution in [3.63, 3.8) is 0 Å². The number of halogens is 1. The van der Waals surface area contributed by atoms with Crippen molar-refractivity contribution >= 4 is 29.9 Å². The summed E-state index contributed by atoms with van der Waals surface area (Å²) in [4.78, 5) is 4.26. The molecule has 0 aliphatic heterocycles. The van der Waals surface area contributed by atoms with Crippen molar-refractivity contribution in [3.8, 4) is 5.75 Å². The highest BCUT2D eigenvalue weighted by molar-refractivity contribution is 14.0. The summed E-state index contributed by atoms with van der Waals surface area (Å²) in [7, 11) is 3.48. The van der Waals surface area contributed by atoms with Crippen LogP contribution in [0.3, 0.4) is 0 Å². The van der Waals surface area contributed by atoms with Gasteiger partial charge in [-0.05, 0) is 36.6 Å². The zero-order valence-electron chi connectivity index (χ0n) is 14.7. The second kappa shape index (κ2) is 10.2. The molecule has 0 bridgehead atoms. The summed E-state index contributed by atoms with van der Waals surface area (Å²) in [6.45, 7) is 5.59. The topological polar surface area (TPSA) is 45.7 Å². The molecule has 0 aliphatic carbocycles. The quantitative estimate of drug-likeness (QED) is 0.424. The summed E-state index contributed by atoms with van der Waals surface area (Å²) in [6, 6.07) is 14.7. The Balaban J connectivity index is 0.00000288. The van der Waals surface area contributed by atoms with E-state index in [0.29, 0.717) is 6.54 Å². The summed E-state index contributed by atoms with van der Waals surface area (Å²) in [5, 5.41) is 6.66. The fraction of sp³-hybridized carbons (Fsp3) is 0.316. The standard InChI is InChI=1S/C19H25N3O.HI/c1-14-6-5-7-16(10-14)12-21-19(20-3)22-13-17-9-8-15(2)18(11-17)23-4;/h5-11H,12-13H2,1-4H3,(H2,20,21,22);1H. The minimum absolute atomic E-state index is 0. The summed E-state index contributed by atoms with van der Waals surface area (Å²) in [5.74, 6) is 1.69. The van der Waals surface area contributed by atoms with Gasteiger partial charge in [0.2, 0.25) is 0 Å². The maximum Gasteiger partial charge on any atom is 0.191 e. The van der Waals surface area contributed by atoms with Crippen molar-refractivity contribution in [2.45, 2.75) is 26.9 Å². The molecule has 0 radical (unpaired) electrons. The Kier molecular flexibility index (Phi) is 8.60. The first-order chi connectivity index (χ1) is 11.1. The van der Waals surface area contributed by atoms with E-state index in [-0.39, 0.29) is 24.0 Å². The van der Waals surface area contributed by atoms with Crippen LogP contribution in [0.1, 0.15) is 22.3 Å². The van der Waals surface area contributed by atoms with Crippen molar-refractivity contribution in [1.29, 1.82) is 0 Å². The molecule has 0 fully saturated rings. The van der Waals surface area contributed by atoms with Gasteiger partial charge in [-0.25, -0.2) is 0 Å². The number of aryl methyl sites for hydroxylation is 2. The maximum atomic E-state index is 5.36. The summed E-state index contributed by atoms with van der Waals surface area (Å²) in [5.41, 5.74) is 4.80. The third kappa shape index (κ3) is 6.03. The lowest BCUT2D eigenvalue weighted by molar-refractivity contribution is 0.411. The average Bonchev–Trinajstić information content (AvgIpc) is 2.56. The molecule has 2 N–H and O–H groups in total. The van der Waals surface area contributed by atoms with Crippen LogP contribution in [0.25, 0.3) is 0 Å². The number of nitrogens with zero attached hydrogens (tertiary/aromatic N) is 1. The van der Waals surface area contributed by atoms with Gasteiger partial charge in [0, 0.05) is 20.1 Å². The van der Waals surface area contributed by atoms with Gasteiger partial charge in [-0.3, -0.25) is 4.99 Å². The van der Waals surface area contributed by atoms with Gasteiger partial charge in [-0.15, -0.1) is 24.0 Å². The van der Waals surface area contributed by atoms with Gasteiger partial charge >= 0.3 is 0 Å². The Hall–Kier alpha value is -1.76. The lowest BCUT2D eigenvalue weighted by atomic mass is 10.1. The fourth-order valence-corrected chi connectivity index (χ4v) is 2.39. The summed E-state index contributed by atoms with van der Waals surface area (Å²) in [6.07, 6.45) is 0. The molecular weight excluding hydrogens is 413 g/mol. The minimum atomic E-state index is 0. The molecule has 0 atom stereocenters. The third-order valence-corrected chi connectivity index (χ3v) is 3.70. The molecule has 0 aromatic heterocycles. The van der Waals surface area contributed by atoms with Crippen molar-refractivity contribution in [2.75, 3.05) is 14.2 Å². The number of aliphatic imine (C=N–C) groups is 1. The van der Waals surface area contributed by atoms with E-state index >= 15 is 0 Å². The number of guanidine groups is 1. The number of ether oxygens (including phenoxy) is 1. The van der Waals surface area contributed by atoms with Gasteiger partial charge in [0.05, 0.1) is 7.11 Å². The molecule has 0 aliphatic rings. The second-order valence-corrected chi connectivity index (χ2v) is 5.57. The number of benzene rings is 2. The van der Waals surface area contributed by atoms with Crippen LogP contribution >= 0.6 is 24.0 Å². The maximum absolute atomic E-state index is 5.36. The lowest BCUT2D eigenvalue weighted by Crippen LogP contribution is -2.36. The second-order valence-electron chi connectivity index (χ2n) is 5.57. The van der Waals surface area contributed by atoms with Crippen LogP contribution in [-0.2, 0) is 13.1 Å². The van der Waals surface area contributed by atoms with E-state index in [1.807, 2.05) is 6.92 Å². The molecular formula is C19H26IN3O.